The summed E-state index contributed by atoms with van der Waals surface area (Å²) >= 11 is 0. The Morgan fingerprint density at radius 1 is 0.564 bits per heavy atom. The van der Waals surface area contributed by atoms with Crippen LogP contribution >= 0.6 is 7.82 Å². The Morgan fingerprint density at radius 2 is 0.945 bits per heavy atom. The Morgan fingerprint density at radius 3 is 1.40 bits per heavy atom. The maximum atomic E-state index is 12.6. The zero-order valence-corrected chi connectivity index (χ0v) is 35.7. The number of allylic oxidation sites excluding steroid dienone is 4. The summed E-state index contributed by atoms with van der Waals surface area (Å²) in [6, 6.07) is -1.52. The van der Waals surface area contributed by atoms with E-state index in [1.807, 2.05) is 0 Å². The van der Waals surface area contributed by atoms with Crippen molar-refractivity contribution < 1.29 is 47.5 Å². The van der Waals surface area contributed by atoms with Gasteiger partial charge in [0.2, 0.25) is 0 Å². The van der Waals surface area contributed by atoms with Crippen molar-refractivity contribution in [1.29, 1.82) is 0 Å². The molecule has 0 heterocycles. The van der Waals surface area contributed by atoms with Gasteiger partial charge in [-0.1, -0.05) is 173 Å². The van der Waals surface area contributed by atoms with Crippen LogP contribution in [0.2, 0.25) is 0 Å². The van der Waals surface area contributed by atoms with E-state index in [0.717, 1.165) is 57.8 Å². The normalized spacial score (nSPS) is 14.0. The zero-order chi connectivity index (χ0) is 40.7. The van der Waals surface area contributed by atoms with E-state index in [0.29, 0.717) is 12.8 Å². The summed E-state index contributed by atoms with van der Waals surface area (Å²) in [6.45, 7) is 2.78. The zero-order valence-electron chi connectivity index (χ0n) is 34.8. The molecule has 0 saturated heterocycles. The van der Waals surface area contributed by atoms with Gasteiger partial charge in [-0.15, -0.1) is 0 Å². The SMILES string of the molecule is CCCCCC/C=C/C=C/CCCCCCCC(=O)OC[C@H](COP(=O)(O)OC[C@H](N)C(=O)O)OC(=O)CCCCCCCCCCCCCCCCCC. The molecule has 0 aromatic rings. The quantitative estimate of drug-likeness (QED) is 0.0232. The Bertz CT molecular complexity index is 1040. The van der Waals surface area contributed by atoms with Crippen LogP contribution < -0.4 is 5.73 Å². The molecule has 3 atom stereocenters. The molecule has 0 aromatic heterocycles. The van der Waals surface area contributed by atoms with Crippen molar-refractivity contribution in [3.63, 3.8) is 0 Å². The standard InChI is InChI=1S/C43H80NO10P/c1-3-5-7-9-11-13-15-17-19-21-23-25-27-29-31-33-35-42(46)54-39(37-52-55(49,50)53-38-40(44)43(47)48)36-51-41(45)34-32-30-28-26-24-22-20-18-16-14-12-10-8-6-4-2/h14,16,18,20,39-40H,3-13,15,17,19,21-38,44H2,1-2H3,(H,47,48)(H,49,50)/b16-14+,20-18+/t39-,40+/m1/s1. The summed E-state index contributed by atoms with van der Waals surface area (Å²) in [6.07, 6.45) is 39.5. The molecular formula is C43H80NO10P. The van der Waals surface area contributed by atoms with E-state index in [1.54, 1.807) is 0 Å². The number of ether oxygens (including phenoxy) is 2. The Balaban J connectivity index is 4.37. The number of aliphatic carboxylic acids is 1. The summed E-state index contributed by atoms with van der Waals surface area (Å²) < 4.78 is 32.7. The van der Waals surface area contributed by atoms with Crippen molar-refractivity contribution in [2.75, 3.05) is 19.8 Å². The summed E-state index contributed by atoms with van der Waals surface area (Å²) in [5, 5.41) is 8.88. The molecule has 55 heavy (non-hydrogen) atoms. The maximum absolute atomic E-state index is 12.6. The monoisotopic (exact) mass is 802 g/mol. The fourth-order valence-electron chi connectivity index (χ4n) is 6.00. The number of carboxylic acid groups (broad SMARTS) is 1. The second-order valence-corrected chi connectivity index (χ2v) is 16.3. The van der Waals surface area contributed by atoms with Crippen LogP contribution in [-0.2, 0) is 37.5 Å². The summed E-state index contributed by atoms with van der Waals surface area (Å²) in [7, 11) is -4.71. The van der Waals surface area contributed by atoms with E-state index in [4.69, 9.17) is 24.8 Å². The number of rotatable bonds is 41. The van der Waals surface area contributed by atoms with E-state index >= 15 is 0 Å². The van der Waals surface area contributed by atoms with Gasteiger partial charge in [0.1, 0.15) is 12.6 Å². The smallest absolute Gasteiger partial charge is 0.472 e. The molecule has 0 aliphatic rings. The van der Waals surface area contributed by atoms with Crippen LogP contribution in [0.1, 0.15) is 200 Å². The third kappa shape index (κ3) is 38.6. The number of esters is 2. The molecule has 0 aromatic carbocycles. The van der Waals surface area contributed by atoms with Crippen LogP contribution in [0.15, 0.2) is 24.3 Å². The largest absolute Gasteiger partial charge is 0.480 e. The summed E-state index contributed by atoms with van der Waals surface area (Å²) in [5.74, 6) is -2.39. The molecule has 0 rings (SSSR count). The minimum atomic E-state index is -4.71. The number of unbranched alkanes of at least 4 members (excludes halogenated alkanes) is 24. The number of carbonyl (C=O) groups excluding carboxylic acids is 2. The lowest BCUT2D eigenvalue weighted by Crippen LogP contribution is -2.34. The van der Waals surface area contributed by atoms with E-state index in [9.17, 15) is 23.8 Å². The van der Waals surface area contributed by atoms with Gasteiger partial charge in [0, 0.05) is 12.8 Å². The van der Waals surface area contributed by atoms with Crippen LogP contribution in [0.4, 0.5) is 0 Å². The molecule has 11 nitrogen and oxygen atoms in total. The van der Waals surface area contributed by atoms with Crippen molar-refractivity contribution >= 4 is 25.7 Å². The lowest BCUT2D eigenvalue weighted by molar-refractivity contribution is -0.161. The van der Waals surface area contributed by atoms with Crippen LogP contribution in [0.25, 0.3) is 0 Å². The third-order valence-electron chi connectivity index (χ3n) is 9.48. The van der Waals surface area contributed by atoms with Gasteiger partial charge in [0.25, 0.3) is 0 Å². The molecule has 0 amide bonds. The second-order valence-electron chi connectivity index (χ2n) is 14.9. The maximum Gasteiger partial charge on any atom is 0.472 e. The van der Waals surface area contributed by atoms with Gasteiger partial charge in [0.05, 0.1) is 13.2 Å². The molecule has 0 saturated carbocycles. The Hall–Kier alpha value is -2.04. The van der Waals surface area contributed by atoms with E-state index in [-0.39, 0.29) is 19.4 Å². The van der Waals surface area contributed by atoms with Crippen molar-refractivity contribution in [1.82, 2.24) is 0 Å². The van der Waals surface area contributed by atoms with E-state index in [1.165, 1.54) is 103 Å². The minimum absolute atomic E-state index is 0.162. The van der Waals surface area contributed by atoms with Gasteiger partial charge >= 0.3 is 25.7 Å². The van der Waals surface area contributed by atoms with Gasteiger partial charge in [-0.3, -0.25) is 23.4 Å². The first kappa shape index (κ1) is 53.0. The Kier molecular flexibility index (Phi) is 37.4. The number of nitrogens with two attached hydrogens (primary N) is 1. The molecule has 4 N–H and O–H groups in total. The first-order valence-corrected chi connectivity index (χ1v) is 23.4. The predicted molar refractivity (Wildman–Crippen MR) is 222 cm³/mol. The van der Waals surface area contributed by atoms with Crippen LogP contribution in [0, 0.1) is 0 Å². The first-order chi connectivity index (χ1) is 26.6. The lowest BCUT2D eigenvalue weighted by Gasteiger charge is -2.20. The molecule has 322 valence electrons. The fraction of sp³-hybridized carbons (Fsp3) is 0.837. The second kappa shape index (κ2) is 38.8. The van der Waals surface area contributed by atoms with E-state index < -0.39 is 51.1 Å². The van der Waals surface area contributed by atoms with Crippen LogP contribution in [-0.4, -0.2) is 59.9 Å². The number of hydrogen-bond donors (Lipinski definition) is 3. The molecular weight excluding hydrogens is 721 g/mol. The molecule has 12 heteroatoms. The van der Waals surface area contributed by atoms with E-state index in [2.05, 4.69) is 42.7 Å². The van der Waals surface area contributed by atoms with Gasteiger partial charge in [-0.2, -0.15) is 0 Å². The van der Waals surface area contributed by atoms with Crippen molar-refractivity contribution in [2.45, 2.75) is 212 Å². The molecule has 0 bridgehead atoms. The fourth-order valence-corrected chi connectivity index (χ4v) is 6.78. The van der Waals surface area contributed by atoms with Gasteiger partial charge in [0.15, 0.2) is 6.10 Å². The highest BCUT2D eigenvalue weighted by molar-refractivity contribution is 7.47. The Labute approximate surface area is 334 Å². The number of phosphoric ester groups is 1. The molecule has 0 radical (unpaired) electrons. The highest BCUT2D eigenvalue weighted by Gasteiger charge is 2.28. The van der Waals surface area contributed by atoms with Gasteiger partial charge in [-0.25, -0.2) is 4.57 Å². The number of carbonyl (C=O) groups is 3. The van der Waals surface area contributed by atoms with Crippen LogP contribution in [0.3, 0.4) is 0 Å². The summed E-state index contributed by atoms with van der Waals surface area (Å²) in [4.78, 5) is 45.9. The third-order valence-corrected chi connectivity index (χ3v) is 10.4. The van der Waals surface area contributed by atoms with Crippen molar-refractivity contribution in [2.24, 2.45) is 5.73 Å². The van der Waals surface area contributed by atoms with Gasteiger partial charge in [-0.05, 0) is 38.5 Å². The summed E-state index contributed by atoms with van der Waals surface area (Å²) in [5.41, 5.74) is 5.33. The topological polar surface area (TPSA) is 172 Å². The minimum Gasteiger partial charge on any atom is -0.480 e. The average molecular weight is 802 g/mol. The van der Waals surface area contributed by atoms with Crippen molar-refractivity contribution in [3.8, 4) is 0 Å². The van der Waals surface area contributed by atoms with Crippen molar-refractivity contribution in [3.05, 3.63) is 24.3 Å². The predicted octanol–water partition coefficient (Wildman–Crippen LogP) is 11.5. The molecule has 0 fully saturated rings. The molecule has 0 aliphatic heterocycles. The molecule has 1 unspecified atom stereocenters. The molecule has 0 aliphatic carbocycles. The average Bonchev–Trinajstić information content (AvgIpc) is 3.16. The highest BCUT2D eigenvalue weighted by atomic mass is 31.2. The number of carboxylic acids is 1. The highest BCUT2D eigenvalue weighted by Crippen LogP contribution is 2.43. The molecule has 0 spiro atoms. The first-order valence-electron chi connectivity index (χ1n) is 21.9. The number of phosphoric acid groups is 1. The van der Waals surface area contributed by atoms with Crippen LogP contribution in [0.5, 0.6) is 0 Å². The number of hydrogen-bond acceptors (Lipinski definition) is 9. The lowest BCUT2D eigenvalue weighted by atomic mass is 10.0. The van der Waals surface area contributed by atoms with Gasteiger partial charge < -0.3 is 25.2 Å².